The van der Waals surface area contributed by atoms with Crippen LogP contribution in [0.3, 0.4) is 0 Å². The first-order chi connectivity index (χ1) is 18.7. The van der Waals surface area contributed by atoms with E-state index in [4.69, 9.17) is 9.47 Å². The van der Waals surface area contributed by atoms with E-state index in [0.29, 0.717) is 0 Å². The molecule has 14 heteroatoms. The molecule has 214 valence electrons. The van der Waals surface area contributed by atoms with Gasteiger partial charge in [-0.15, -0.1) is 0 Å². The second-order valence-electron chi connectivity index (χ2n) is 8.93. The van der Waals surface area contributed by atoms with Crippen molar-refractivity contribution in [2.24, 2.45) is 5.92 Å². The molecule has 2 aromatic rings. The number of aliphatic carboxylic acids is 1. The zero-order valence-corrected chi connectivity index (χ0v) is 20.5. The van der Waals surface area contributed by atoms with Crippen molar-refractivity contribution >= 4 is 30.1 Å². The van der Waals surface area contributed by atoms with Crippen molar-refractivity contribution in [3.63, 3.8) is 0 Å². The lowest BCUT2D eigenvalue weighted by molar-refractivity contribution is -0.332. The summed E-state index contributed by atoms with van der Waals surface area (Å²) in [6.45, 7) is -1.20. The quantitative estimate of drug-likeness (QED) is 0.0857. The van der Waals surface area contributed by atoms with Crippen LogP contribution in [0.4, 0.5) is 0 Å². The summed E-state index contributed by atoms with van der Waals surface area (Å²) in [5, 5.41) is 89.9. The molecule has 40 heavy (non-hydrogen) atoms. The van der Waals surface area contributed by atoms with Crippen LogP contribution in [-0.2, 0) is 23.9 Å². The van der Waals surface area contributed by atoms with Gasteiger partial charge in [-0.05, 0) is 47.5 Å². The fraction of sp³-hybridized carbons (Fsp3) is 0.269. The average Bonchev–Trinajstić information content (AvgIpc) is 2.89. The highest BCUT2D eigenvalue weighted by Crippen LogP contribution is 2.43. The highest BCUT2D eigenvalue weighted by molar-refractivity contribution is 5.89. The van der Waals surface area contributed by atoms with Crippen molar-refractivity contribution in [3.8, 4) is 23.0 Å². The van der Waals surface area contributed by atoms with Gasteiger partial charge in [0.25, 0.3) is 5.79 Å². The minimum Gasteiger partial charge on any atom is -0.504 e. The first-order valence-corrected chi connectivity index (χ1v) is 11.5. The lowest BCUT2D eigenvalue weighted by atomic mass is 9.69. The maximum atomic E-state index is 12.6. The number of carbonyl (C=O) groups excluding carboxylic acids is 2. The predicted octanol–water partition coefficient (Wildman–Crippen LogP) is -0.432. The summed E-state index contributed by atoms with van der Waals surface area (Å²) in [7, 11) is 0. The van der Waals surface area contributed by atoms with Gasteiger partial charge in [0.15, 0.2) is 34.7 Å². The predicted molar refractivity (Wildman–Crippen MR) is 132 cm³/mol. The van der Waals surface area contributed by atoms with Gasteiger partial charge in [-0.25, -0.2) is 14.4 Å². The van der Waals surface area contributed by atoms with E-state index in [9.17, 15) is 60.3 Å². The molecule has 5 unspecified atom stereocenters. The summed E-state index contributed by atoms with van der Waals surface area (Å²) in [5.41, 5.74) is -2.53. The molecule has 0 radical (unpaired) electrons. The molecule has 2 aromatic carbocycles. The van der Waals surface area contributed by atoms with Gasteiger partial charge in [-0.3, -0.25) is 0 Å². The molecule has 9 N–H and O–H groups in total. The van der Waals surface area contributed by atoms with Crippen molar-refractivity contribution in [1.29, 1.82) is 0 Å². The number of benzene rings is 2. The molecule has 1 aliphatic rings. The van der Waals surface area contributed by atoms with Crippen LogP contribution in [0, 0.1) is 5.92 Å². The van der Waals surface area contributed by atoms with Crippen molar-refractivity contribution in [1.82, 2.24) is 0 Å². The second kappa shape index (κ2) is 11.6. The average molecular weight is 562 g/mol. The Hall–Kier alpha value is -4.63. The van der Waals surface area contributed by atoms with Crippen LogP contribution >= 0.6 is 0 Å². The molecule has 0 spiro atoms. The summed E-state index contributed by atoms with van der Waals surface area (Å²) < 4.78 is 10.1. The Morgan fingerprint density at radius 3 is 1.80 bits per heavy atom. The Kier molecular flexibility index (Phi) is 8.70. The molecule has 1 fully saturated rings. The van der Waals surface area contributed by atoms with Crippen LogP contribution in [0.1, 0.15) is 17.5 Å². The third kappa shape index (κ3) is 6.16. The number of hydrogen-bond donors (Lipinski definition) is 9. The van der Waals surface area contributed by atoms with E-state index in [-0.39, 0.29) is 11.1 Å². The van der Waals surface area contributed by atoms with E-state index in [1.807, 2.05) is 0 Å². The summed E-state index contributed by atoms with van der Waals surface area (Å²) in [5.74, 6) is -11.6. The molecule has 0 aliphatic heterocycles. The van der Waals surface area contributed by atoms with Gasteiger partial charge < -0.3 is 55.4 Å². The molecule has 0 saturated heterocycles. The summed E-state index contributed by atoms with van der Waals surface area (Å²) in [4.78, 5) is 37.0. The Balaban J connectivity index is 1.91. The van der Waals surface area contributed by atoms with E-state index in [1.165, 1.54) is 12.1 Å². The summed E-state index contributed by atoms with van der Waals surface area (Å²) >= 11 is 0. The molecule has 3 rings (SSSR count). The normalized spacial score (nSPS) is 26.6. The number of aliphatic hydroxyl groups is 4. The van der Waals surface area contributed by atoms with Gasteiger partial charge in [0.05, 0.1) is 12.5 Å². The monoisotopic (exact) mass is 562 g/mol. The Labute approximate surface area is 225 Å². The number of ether oxygens (including phenoxy) is 2. The second-order valence-corrected chi connectivity index (χ2v) is 8.93. The lowest BCUT2D eigenvalue weighted by Crippen LogP contribution is -2.71. The van der Waals surface area contributed by atoms with E-state index >= 15 is 0 Å². The number of carbonyl (C=O) groups is 3. The zero-order chi connectivity index (χ0) is 29.8. The summed E-state index contributed by atoms with van der Waals surface area (Å²) in [6, 6.07) is 7.03. The van der Waals surface area contributed by atoms with Crippen LogP contribution in [-0.4, -0.2) is 94.1 Å². The summed E-state index contributed by atoms with van der Waals surface area (Å²) in [6.07, 6.45) is -2.11. The van der Waals surface area contributed by atoms with Crippen molar-refractivity contribution in [3.05, 3.63) is 59.7 Å². The minimum atomic E-state index is -3.16. The molecular formula is C26H26O14. The molecule has 1 aliphatic carbocycles. The zero-order valence-electron chi connectivity index (χ0n) is 20.5. The Morgan fingerprint density at radius 1 is 0.850 bits per heavy atom. The first-order valence-electron chi connectivity index (χ1n) is 11.5. The number of hydrogen-bond acceptors (Lipinski definition) is 13. The van der Waals surface area contributed by atoms with E-state index < -0.39 is 83.4 Å². The van der Waals surface area contributed by atoms with Gasteiger partial charge in [-0.2, -0.15) is 0 Å². The maximum absolute atomic E-state index is 12.6. The first kappa shape index (κ1) is 29.9. The van der Waals surface area contributed by atoms with Gasteiger partial charge in [0.1, 0.15) is 6.10 Å². The lowest BCUT2D eigenvalue weighted by Gasteiger charge is -2.49. The number of aromatic hydroxyl groups is 4. The fourth-order valence-electron chi connectivity index (χ4n) is 4.08. The Morgan fingerprint density at radius 2 is 1.35 bits per heavy atom. The van der Waals surface area contributed by atoms with Gasteiger partial charge in [0, 0.05) is 18.6 Å². The largest absolute Gasteiger partial charge is 0.504 e. The SMILES string of the molecule is O=C(C=Cc1ccc(O)c(O)c1)OC1C(CO)C(O)(C(=O)O)CC(O)C1(O)OC(=O)C=Cc1ccc(O)c(O)c1. The molecule has 0 amide bonds. The third-order valence-corrected chi connectivity index (χ3v) is 6.27. The molecule has 0 heterocycles. The van der Waals surface area contributed by atoms with Crippen LogP contribution in [0.5, 0.6) is 23.0 Å². The molecule has 1 saturated carbocycles. The number of aliphatic hydroxyl groups excluding tert-OH is 2. The number of phenolic OH excluding ortho intramolecular Hbond substituents is 4. The van der Waals surface area contributed by atoms with Crippen molar-refractivity contribution < 1.29 is 69.8 Å². The third-order valence-electron chi connectivity index (χ3n) is 6.27. The van der Waals surface area contributed by atoms with Gasteiger partial charge in [-0.1, -0.05) is 12.1 Å². The van der Waals surface area contributed by atoms with Crippen molar-refractivity contribution in [2.45, 2.75) is 30.0 Å². The van der Waals surface area contributed by atoms with Crippen molar-refractivity contribution in [2.75, 3.05) is 6.61 Å². The van der Waals surface area contributed by atoms with Crippen LogP contribution in [0.2, 0.25) is 0 Å². The number of phenols is 4. The van der Waals surface area contributed by atoms with Crippen LogP contribution in [0.25, 0.3) is 12.2 Å². The fourth-order valence-corrected chi connectivity index (χ4v) is 4.08. The van der Waals surface area contributed by atoms with Gasteiger partial charge >= 0.3 is 17.9 Å². The molecule has 14 nitrogen and oxygen atoms in total. The number of esters is 2. The molecule has 5 atom stereocenters. The standard InChI is InChI=1S/C26H26O14/c27-12-15-23(39-21(33)7-3-13-1-5-16(28)18(30)9-13)26(38,20(32)11-25(15,37)24(35)36)40-22(34)8-4-14-2-6-17(29)19(31)10-14/h1-10,15,20,23,27-32,37-38H,11-12H2,(H,35,36). The minimum absolute atomic E-state index is 0.198. The molecule has 0 bridgehead atoms. The number of carboxylic acid groups (broad SMARTS) is 1. The topological polar surface area (TPSA) is 252 Å². The number of carboxylic acids is 1. The van der Waals surface area contributed by atoms with Crippen LogP contribution in [0.15, 0.2) is 48.6 Å². The smallest absolute Gasteiger partial charge is 0.336 e. The number of rotatable bonds is 8. The highest BCUT2D eigenvalue weighted by Gasteiger charge is 2.66. The Bertz CT molecular complexity index is 1350. The highest BCUT2D eigenvalue weighted by atomic mass is 16.7. The van der Waals surface area contributed by atoms with E-state index in [2.05, 4.69) is 0 Å². The van der Waals surface area contributed by atoms with Gasteiger partial charge in [0.2, 0.25) is 0 Å². The van der Waals surface area contributed by atoms with Crippen LogP contribution < -0.4 is 0 Å². The van der Waals surface area contributed by atoms with E-state index in [0.717, 1.165) is 48.6 Å². The van der Waals surface area contributed by atoms with E-state index in [1.54, 1.807) is 0 Å². The molecular weight excluding hydrogens is 536 g/mol. The molecule has 0 aromatic heterocycles. The maximum Gasteiger partial charge on any atom is 0.336 e.